The number of benzene rings is 7. The first-order chi connectivity index (χ1) is 23.8. The highest BCUT2D eigenvalue weighted by molar-refractivity contribution is 7.26. The van der Waals surface area contributed by atoms with Gasteiger partial charge in [-0.15, -0.1) is 11.3 Å². The van der Waals surface area contributed by atoms with Crippen LogP contribution in [-0.4, -0.2) is 9.38 Å². The number of rotatable bonds is 4. The molecule has 3 aromatic heterocycles. The van der Waals surface area contributed by atoms with Gasteiger partial charge in [-0.3, -0.25) is 4.40 Å². The summed E-state index contributed by atoms with van der Waals surface area (Å²) < 4.78 is 5.05. The van der Waals surface area contributed by atoms with Crippen LogP contribution in [0, 0.1) is 0 Å². The Morgan fingerprint density at radius 1 is 0.417 bits per heavy atom. The van der Waals surface area contributed by atoms with Crippen LogP contribution in [0.15, 0.2) is 170 Å². The molecule has 10 rings (SSSR count). The number of pyridine rings is 1. The van der Waals surface area contributed by atoms with Gasteiger partial charge in [0.15, 0.2) is 0 Å². The van der Waals surface area contributed by atoms with Crippen LogP contribution in [0.5, 0.6) is 0 Å². The Balaban J connectivity index is 1.17. The van der Waals surface area contributed by atoms with Gasteiger partial charge in [0.1, 0.15) is 5.65 Å². The van der Waals surface area contributed by atoms with E-state index in [1.807, 2.05) is 11.3 Å². The molecule has 0 unspecified atom stereocenters. The van der Waals surface area contributed by atoms with Crippen molar-refractivity contribution >= 4 is 58.8 Å². The standard InChI is InChI=1S/C45H28N2S/c1-3-12-31(13-4-1)42-43(32-14-5-2-6-15-32)47-40-27-26-33(28-39(40)35-16-7-8-18-38(35)45(47)46-42)29-22-24-30(25-23-29)34-19-11-20-37-36-17-9-10-21-41(36)48-44(34)37/h1-28H. The van der Waals surface area contributed by atoms with E-state index in [9.17, 15) is 0 Å². The zero-order valence-corrected chi connectivity index (χ0v) is 26.8. The third kappa shape index (κ3) is 4.15. The molecule has 2 nitrogen and oxygen atoms in total. The summed E-state index contributed by atoms with van der Waals surface area (Å²) in [6.45, 7) is 0. The SMILES string of the molecule is c1ccc(-c2nc3c4ccccc4c4cc(-c5ccc(-c6cccc7c6sc6ccccc67)cc5)ccc4n3c2-c2ccccc2)cc1. The average molecular weight is 629 g/mol. The van der Waals surface area contributed by atoms with Gasteiger partial charge in [-0.05, 0) is 45.8 Å². The van der Waals surface area contributed by atoms with Crippen LogP contribution in [-0.2, 0) is 0 Å². The smallest absolute Gasteiger partial charge is 0.146 e. The van der Waals surface area contributed by atoms with Crippen LogP contribution in [0.1, 0.15) is 0 Å². The maximum atomic E-state index is 5.36. The van der Waals surface area contributed by atoms with Crippen LogP contribution in [0.2, 0.25) is 0 Å². The number of thiophene rings is 1. The molecular formula is C45H28N2S. The molecule has 0 atom stereocenters. The fourth-order valence-electron chi connectivity index (χ4n) is 7.35. The first-order valence-electron chi connectivity index (χ1n) is 16.3. The number of aromatic nitrogens is 2. The highest BCUT2D eigenvalue weighted by Crippen LogP contribution is 2.42. The maximum Gasteiger partial charge on any atom is 0.146 e. The van der Waals surface area contributed by atoms with E-state index >= 15 is 0 Å². The monoisotopic (exact) mass is 628 g/mol. The van der Waals surface area contributed by atoms with Crippen molar-refractivity contribution in [1.82, 2.24) is 9.38 Å². The topological polar surface area (TPSA) is 17.3 Å². The molecule has 0 saturated heterocycles. The van der Waals surface area contributed by atoms with Crippen molar-refractivity contribution in [3.63, 3.8) is 0 Å². The molecule has 0 amide bonds. The number of imidazole rings is 1. The van der Waals surface area contributed by atoms with Crippen LogP contribution >= 0.6 is 11.3 Å². The molecule has 3 heteroatoms. The predicted molar refractivity (Wildman–Crippen MR) is 205 cm³/mol. The minimum Gasteiger partial charge on any atom is -0.291 e. The summed E-state index contributed by atoms with van der Waals surface area (Å²) in [4.78, 5) is 5.36. The Morgan fingerprint density at radius 2 is 1.04 bits per heavy atom. The van der Waals surface area contributed by atoms with Gasteiger partial charge in [0.05, 0.1) is 16.9 Å². The molecule has 0 spiro atoms. The number of fused-ring (bicyclic) bond motifs is 9. The second-order valence-corrected chi connectivity index (χ2v) is 13.4. The van der Waals surface area contributed by atoms with E-state index in [-0.39, 0.29) is 0 Å². The van der Waals surface area contributed by atoms with Gasteiger partial charge >= 0.3 is 0 Å². The second-order valence-electron chi connectivity index (χ2n) is 12.3. The molecule has 3 heterocycles. The molecule has 0 saturated carbocycles. The summed E-state index contributed by atoms with van der Waals surface area (Å²) >= 11 is 1.88. The summed E-state index contributed by atoms with van der Waals surface area (Å²) in [5.41, 5.74) is 11.4. The molecule has 10 aromatic rings. The first kappa shape index (κ1) is 27.1. The summed E-state index contributed by atoms with van der Waals surface area (Å²) in [6, 6.07) is 61.3. The Bertz CT molecular complexity index is 2810. The highest BCUT2D eigenvalue weighted by atomic mass is 32.1. The summed E-state index contributed by atoms with van der Waals surface area (Å²) in [5, 5.41) is 6.23. The van der Waals surface area contributed by atoms with E-state index in [1.165, 1.54) is 53.2 Å². The van der Waals surface area contributed by atoms with Crippen molar-refractivity contribution in [3.8, 4) is 44.8 Å². The van der Waals surface area contributed by atoms with Gasteiger partial charge < -0.3 is 0 Å². The number of nitrogens with zero attached hydrogens (tertiary/aromatic N) is 2. The zero-order valence-electron chi connectivity index (χ0n) is 26.0. The Kier molecular flexibility index (Phi) is 6.08. The lowest BCUT2D eigenvalue weighted by atomic mass is 9.97. The molecule has 7 aromatic carbocycles. The van der Waals surface area contributed by atoms with Crippen molar-refractivity contribution in [1.29, 1.82) is 0 Å². The molecule has 48 heavy (non-hydrogen) atoms. The van der Waals surface area contributed by atoms with Crippen LogP contribution < -0.4 is 0 Å². The highest BCUT2D eigenvalue weighted by Gasteiger charge is 2.21. The largest absolute Gasteiger partial charge is 0.291 e. The third-order valence-electron chi connectivity index (χ3n) is 9.60. The van der Waals surface area contributed by atoms with E-state index in [0.29, 0.717) is 0 Å². The van der Waals surface area contributed by atoms with Crippen LogP contribution in [0.4, 0.5) is 0 Å². The first-order valence-corrected chi connectivity index (χ1v) is 17.1. The van der Waals surface area contributed by atoms with Gasteiger partial charge in [-0.25, -0.2) is 4.98 Å². The maximum absolute atomic E-state index is 5.36. The van der Waals surface area contributed by atoms with Gasteiger partial charge in [0, 0.05) is 42.1 Å². The summed E-state index contributed by atoms with van der Waals surface area (Å²) in [7, 11) is 0. The Hall–Kier alpha value is -6.03. The molecule has 0 bridgehead atoms. The van der Waals surface area contributed by atoms with Gasteiger partial charge in [-0.2, -0.15) is 0 Å². The molecule has 0 aliphatic rings. The van der Waals surface area contributed by atoms with Gasteiger partial charge in [0.25, 0.3) is 0 Å². The van der Waals surface area contributed by atoms with Gasteiger partial charge in [-0.1, -0.05) is 152 Å². The molecule has 0 aliphatic heterocycles. The van der Waals surface area contributed by atoms with Crippen molar-refractivity contribution in [2.75, 3.05) is 0 Å². The lowest BCUT2D eigenvalue weighted by molar-refractivity contribution is 1.27. The minimum atomic E-state index is 0.975. The summed E-state index contributed by atoms with van der Waals surface area (Å²) in [6.07, 6.45) is 0. The van der Waals surface area contributed by atoms with Crippen LogP contribution in [0.3, 0.4) is 0 Å². The molecular weight excluding hydrogens is 601 g/mol. The molecule has 0 N–H and O–H groups in total. The number of hydrogen-bond donors (Lipinski definition) is 0. The quantitative estimate of drug-likeness (QED) is 0.177. The van der Waals surface area contributed by atoms with E-state index in [2.05, 4.69) is 174 Å². The molecule has 0 fully saturated rings. The molecule has 0 radical (unpaired) electrons. The average Bonchev–Trinajstić information content (AvgIpc) is 3.76. The van der Waals surface area contributed by atoms with Crippen molar-refractivity contribution in [2.45, 2.75) is 0 Å². The van der Waals surface area contributed by atoms with E-state index in [0.717, 1.165) is 39.1 Å². The van der Waals surface area contributed by atoms with E-state index in [4.69, 9.17) is 4.98 Å². The zero-order chi connectivity index (χ0) is 31.6. The van der Waals surface area contributed by atoms with Crippen LogP contribution in [0.25, 0.3) is 92.3 Å². The van der Waals surface area contributed by atoms with Crippen molar-refractivity contribution in [2.24, 2.45) is 0 Å². The minimum absolute atomic E-state index is 0.975. The predicted octanol–water partition coefficient (Wildman–Crippen LogP) is 12.7. The van der Waals surface area contributed by atoms with E-state index in [1.54, 1.807) is 0 Å². The third-order valence-corrected chi connectivity index (χ3v) is 10.8. The lowest BCUT2D eigenvalue weighted by Gasteiger charge is -2.13. The van der Waals surface area contributed by atoms with Crippen molar-refractivity contribution in [3.05, 3.63) is 170 Å². The molecule has 0 aliphatic carbocycles. The lowest BCUT2D eigenvalue weighted by Crippen LogP contribution is -1.95. The fraction of sp³-hybridized carbons (Fsp3) is 0. The second kappa shape index (κ2) is 10.8. The van der Waals surface area contributed by atoms with Gasteiger partial charge in [0.2, 0.25) is 0 Å². The Morgan fingerprint density at radius 3 is 1.83 bits per heavy atom. The normalized spacial score (nSPS) is 11.8. The number of hydrogen-bond acceptors (Lipinski definition) is 2. The summed E-state index contributed by atoms with van der Waals surface area (Å²) in [5.74, 6) is 0. The van der Waals surface area contributed by atoms with Crippen molar-refractivity contribution < 1.29 is 0 Å². The molecule has 224 valence electrons. The van der Waals surface area contributed by atoms with E-state index < -0.39 is 0 Å². The fourth-order valence-corrected chi connectivity index (χ4v) is 8.59. The Labute approximate surface area is 281 Å².